The van der Waals surface area contributed by atoms with E-state index in [0.29, 0.717) is 23.5 Å². The second kappa shape index (κ2) is 8.94. The largest absolute Gasteiger partial charge is 0.372 e. The van der Waals surface area contributed by atoms with E-state index >= 15 is 0 Å². The fourth-order valence-corrected chi connectivity index (χ4v) is 4.73. The zero-order valence-corrected chi connectivity index (χ0v) is 18.8. The van der Waals surface area contributed by atoms with Crippen LogP contribution >= 0.6 is 0 Å². The molecule has 5 rings (SSSR count). The highest BCUT2D eigenvalue weighted by Gasteiger charge is 2.42. The molecule has 0 aliphatic carbocycles. The molecule has 0 spiro atoms. The average molecular weight is 438 g/mol. The van der Waals surface area contributed by atoms with Gasteiger partial charge in [-0.05, 0) is 61.7 Å². The molecule has 1 fully saturated rings. The first-order chi connectivity index (χ1) is 16.2. The Bertz CT molecular complexity index is 1180. The maximum Gasteiger partial charge on any atom is 0.282 e. The van der Waals surface area contributed by atoms with E-state index in [0.717, 1.165) is 30.0 Å². The number of anilines is 3. The zero-order valence-electron chi connectivity index (χ0n) is 18.8. The Kier molecular flexibility index (Phi) is 5.69. The average Bonchev–Trinajstić information content (AvgIpc) is 3.48. The van der Waals surface area contributed by atoms with Gasteiger partial charge in [0.05, 0.1) is 11.3 Å². The molecular weight excluding hydrogens is 410 g/mol. The van der Waals surface area contributed by atoms with Crippen LogP contribution < -0.4 is 14.7 Å². The number of rotatable bonds is 6. The Labute approximate surface area is 194 Å². The number of carbonyl (C=O) groups excluding carboxylic acids is 2. The summed E-state index contributed by atoms with van der Waals surface area (Å²) in [6, 6.07) is 27.0. The van der Waals surface area contributed by atoms with Crippen LogP contribution in [0.4, 0.5) is 17.1 Å². The van der Waals surface area contributed by atoms with Crippen molar-refractivity contribution in [3.05, 3.63) is 96.2 Å². The molecule has 0 N–H and O–H groups in total. The third-order valence-electron chi connectivity index (χ3n) is 6.36. The Morgan fingerprint density at radius 3 is 1.91 bits per heavy atom. The van der Waals surface area contributed by atoms with Gasteiger partial charge in [-0.3, -0.25) is 9.59 Å². The van der Waals surface area contributed by atoms with E-state index in [2.05, 4.69) is 4.90 Å². The van der Waals surface area contributed by atoms with E-state index in [-0.39, 0.29) is 11.8 Å². The van der Waals surface area contributed by atoms with Crippen LogP contribution in [0.2, 0.25) is 0 Å². The zero-order chi connectivity index (χ0) is 22.8. The normalized spacial score (nSPS) is 16.2. The van der Waals surface area contributed by atoms with Crippen LogP contribution in [-0.4, -0.2) is 31.4 Å². The maximum atomic E-state index is 13.8. The molecule has 2 heterocycles. The summed E-state index contributed by atoms with van der Waals surface area (Å²) in [5, 5.41) is 0. The van der Waals surface area contributed by atoms with Crippen molar-refractivity contribution in [1.29, 1.82) is 0 Å². The minimum atomic E-state index is -0.293. The third kappa shape index (κ3) is 3.80. The molecule has 33 heavy (non-hydrogen) atoms. The van der Waals surface area contributed by atoms with E-state index < -0.39 is 0 Å². The lowest BCUT2D eigenvalue weighted by Gasteiger charge is -2.25. The van der Waals surface area contributed by atoms with Gasteiger partial charge in [0.25, 0.3) is 11.8 Å². The highest BCUT2D eigenvalue weighted by Crippen LogP contribution is 2.37. The van der Waals surface area contributed by atoms with Crippen LogP contribution in [0.5, 0.6) is 0 Å². The second-order valence-corrected chi connectivity index (χ2v) is 8.33. The fourth-order valence-electron chi connectivity index (χ4n) is 4.73. The summed E-state index contributed by atoms with van der Waals surface area (Å²) < 4.78 is 0. The number of amides is 2. The van der Waals surface area contributed by atoms with Gasteiger partial charge in [-0.15, -0.1) is 0 Å². The molecule has 3 aromatic rings. The van der Waals surface area contributed by atoms with Crippen LogP contribution in [0.15, 0.2) is 90.6 Å². The Balaban J connectivity index is 1.57. The number of carbonyl (C=O) groups is 2. The number of nitrogens with zero attached hydrogens (tertiary/aromatic N) is 3. The van der Waals surface area contributed by atoms with Gasteiger partial charge < -0.3 is 9.80 Å². The molecule has 3 aromatic carbocycles. The molecule has 2 aliphatic heterocycles. The summed E-state index contributed by atoms with van der Waals surface area (Å²) in [4.78, 5) is 33.1. The van der Waals surface area contributed by atoms with E-state index in [4.69, 9.17) is 0 Å². The van der Waals surface area contributed by atoms with E-state index in [1.807, 2.05) is 96.8 Å². The van der Waals surface area contributed by atoms with Gasteiger partial charge in [0.15, 0.2) is 0 Å². The van der Waals surface area contributed by atoms with E-state index in [9.17, 15) is 9.59 Å². The first kappa shape index (κ1) is 21.0. The number of hydrogen-bond donors (Lipinski definition) is 0. The minimum Gasteiger partial charge on any atom is -0.372 e. The lowest BCUT2D eigenvalue weighted by molar-refractivity contribution is -0.120. The molecule has 1 saturated heterocycles. The second-order valence-electron chi connectivity index (χ2n) is 8.33. The van der Waals surface area contributed by atoms with Crippen LogP contribution in [-0.2, 0) is 9.59 Å². The Morgan fingerprint density at radius 1 is 0.727 bits per heavy atom. The smallest absolute Gasteiger partial charge is 0.282 e. The summed E-state index contributed by atoms with van der Waals surface area (Å²) in [7, 11) is 0. The lowest BCUT2D eigenvalue weighted by atomic mass is 10.0. The molecule has 5 heteroatoms. The molecule has 0 saturated carbocycles. The molecular formula is C28H27N3O2. The van der Waals surface area contributed by atoms with Crippen molar-refractivity contribution in [2.24, 2.45) is 0 Å². The van der Waals surface area contributed by atoms with Crippen LogP contribution in [0.25, 0.3) is 5.57 Å². The molecule has 166 valence electrons. The van der Waals surface area contributed by atoms with Crippen molar-refractivity contribution >= 4 is 34.4 Å². The molecule has 2 aliphatic rings. The third-order valence-corrected chi connectivity index (χ3v) is 6.36. The standard InChI is InChI=1S/C28H27N3O2/c1-2-30(23-13-7-4-8-14-23)26-25(21-11-5-3-6-12-21)27(32)31(28(26)33)24-17-15-22(16-18-24)29-19-9-10-20-29/h3-8,11-18H,2,9-10,19-20H2,1H3. The van der Waals surface area contributed by atoms with Crippen LogP contribution in [0.1, 0.15) is 25.3 Å². The molecule has 0 unspecified atom stereocenters. The summed E-state index contributed by atoms with van der Waals surface area (Å²) >= 11 is 0. The van der Waals surface area contributed by atoms with Gasteiger partial charge in [-0.25, -0.2) is 4.90 Å². The van der Waals surface area contributed by atoms with Gasteiger partial charge in [-0.1, -0.05) is 48.5 Å². The van der Waals surface area contributed by atoms with Crippen molar-refractivity contribution < 1.29 is 9.59 Å². The highest BCUT2D eigenvalue weighted by molar-refractivity contribution is 6.46. The van der Waals surface area contributed by atoms with E-state index in [1.54, 1.807) is 0 Å². The highest BCUT2D eigenvalue weighted by atomic mass is 16.2. The molecule has 2 amide bonds. The number of imide groups is 1. The molecule has 0 bridgehead atoms. The predicted octanol–water partition coefficient (Wildman–Crippen LogP) is 5.10. The fraction of sp³-hybridized carbons (Fsp3) is 0.214. The van der Waals surface area contributed by atoms with Gasteiger partial charge in [-0.2, -0.15) is 0 Å². The number of likely N-dealkylation sites (N-methyl/N-ethyl adjacent to an activating group) is 1. The molecule has 0 atom stereocenters. The lowest BCUT2D eigenvalue weighted by Crippen LogP contribution is -2.35. The molecule has 0 radical (unpaired) electrons. The number of benzene rings is 3. The molecule has 0 aromatic heterocycles. The van der Waals surface area contributed by atoms with Crippen LogP contribution in [0.3, 0.4) is 0 Å². The first-order valence-electron chi connectivity index (χ1n) is 11.5. The number of para-hydroxylation sites is 1. The maximum absolute atomic E-state index is 13.8. The molecule has 5 nitrogen and oxygen atoms in total. The Hall–Kier alpha value is -3.86. The number of hydrogen-bond acceptors (Lipinski definition) is 4. The van der Waals surface area contributed by atoms with Gasteiger partial charge in [0, 0.05) is 31.0 Å². The van der Waals surface area contributed by atoms with Gasteiger partial charge >= 0.3 is 0 Å². The van der Waals surface area contributed by atoms with Crippen molar-refractivity contribution in [2.45, 2.75) is 19.8 Å². The Morgan fingerprint density at radius 2 is 1.30 bits per heavy atom. The summed E-state index contributed by atoms with van der Waals surface area (Å²) in [6.07, 6.45) is 2.40. The van der Waals surface area contributed by atoms with Crippen LogP contribution in [0, 0.1) is 0 Å². The monoisotopic (exact) mass is 437 g/mol. The summed E-state index contributed by atoms with van der Waals surface area (Å²) in [6.45, 7) is 4.66. The van der Waals surface area contributed by atoms with Gasteiger partial charge in [0.2, 0.25) is 0 Å². The summed E-state index contributed by atoms with van der Waals surface area (Å²) in [5.41, 5.74) is 4.22. The quantitative estimate of drug-likeness (QED) is 0.504. The topological polar surface area (TPSA) is 43.9 Å². The van der Waals surface area contributed by atoms with Crippen molar-refractivity contribution in [1.82, 2.24) is 0 Å². The summed E-state index contributed by atoms with van der Waals surface area (Å²) in [5.74, 6) is -0.581. The van der Waals surface area contributed by atoms with E-state index in [1.165, 1.54) is 17.7 Å². The predicted molar refractivity (Wildman–Crippen MR) is 133 cm³/mol. The van der Waals surface area contributed by atoms with Crippen molar-refractivity contribution in [2.75, 3.05) is 34.3 Å². The van der Waals surface area contributed by atoms with Gasteiger partial charge in [0.1, 0.15) is 5.70 Å². The van der Waals surface area contributed by atoms with Crippen molar-refractivity contribution in [3.8, 4) is 0 Å². The first-order valence-corrected chi connectivity index (χ1v) is 11.5. The SMILES string of the molecule is CCN(C1=C(c2ccccc2)C(=O)N(c2ccc(N3CCCC3)cc2)C1=O)c1ccccc1. The minimum absolute atomic E-state index is 0.287. The van der Waals surface area contributed by atoms with Crippen molar-refractivity contribution in [3.63, 3.8) is 0 Å².